The number of aliphatic hydroxyl groups excluding tert-OH is 1. The Kier molecular flexibility index (Phi) is 3.52. The largest absolute Gasteiger partial charge is 0.396 e. The molecule has 1 spiro atoms. The maximum Gasteiger partial charge on any atom is 0.236 e. The van der Waals surface area contributed by atoms with Gasteiger partial charge in [-0.3, -0.25) is 14.5 Å². The second kappa shape index (κ2) is 4.77. The summed E-state index contributed by atoms with van der Waals surface area (Å²) in [6.45, 7) is 1.99. The van der Waals surface area contributed by atoms with Crippen LogP contribution >= 0.6 is 0 Å². The Morgan fingerprint density at radius 3 is 2.53 bits per heavy atom. The van der Waals surface area contributed by atoms with Gasteiger partial charge in [0.15, 0.2) is 0 Å². The van der Waals surface area contributed by atoms with Crippen molar-refractivity contribution in [3.8, 4) is 0 Å². The van der Waals surface area contributed by atoms with Crippen molar-refractivity contribution in [3.05, 3.63) is 0 Å². The molecule has 0 aromatic rings. The molecule has 1 saturated heterocycles. The summed E-state index contributed by atoms with van der Waals surface area (Å²) in [5.74, 6) is -0.00231. The van der Waals surface area contributed by atoms with Crippen molar-refractivity contribution in [1.82, 2.24) is 4.90 Å². The lowest BCUT2D eigenvalue weighted by Crippen LogP contribution is -2.42. The van der Waals surface area contributed by atoms with E-state index in [9.17, 15) is 9.59 Å². The number of imide groups is 1. The van der Waals surface area contributed by atoms with Gasteiger partial charge in [-0.05, 0) is 25.7 Å². The van der Waals surface area contributed by atoms with Gasteiger partial charge in [0.1, 0.15) is 0 Å². The molecule has 1 heterocycles. The van der Waals surface area contributed by atoms with Gasteiger partial charge in [-0.25, -0.2) is 0 Å². The van der Waals surface area contributed by atoms with Crippen molar-refractivity contribution in [3.63, 3.8) is 0 Å². The molecule has 0 aromatic carbocycles. The Bertz CT molecular complexity index is 321. The molecule has 1 N–H and O–H groups in total. The molecule has 1 atom stereocenters. The zero-order chi connectivity index (χ0) is 12.5. The number of aliphatic hydroxyl groups is 1. The van der Waals surface area contributed by atoms with Crippen LogP contribution in [0.1, 0.15) is 51.9 Å². The first-order valence-electron chi connectivity index (χ1n) is 6.62. The van der Waals surface area contributed by atoms with Gasteiger partial charge in [0.2, 0.25) is 11.8 Å². The van der Waals surface area contributed by atoms with Crippen LogP contribution in [0.3, 0.4) is 0 Å². The second-order valence-corrected chi connectivity index (χ2v) is 5.31. The summed E-state index contributed by atoms with van der Waals surface area (Å²) in [4.78, 5) is 25.9. The van der Waals surface area contributed by atoms with Crippen LogP contribution in [0.5, 0.6) is 0 Å². The topological polar surface area (TPSA) is 57.6 Å². The number of nitrogens with zero attached hydrogens (tertiary/aromatic N) is 1. The summed E-state index contributed by atoms with van der Waals surface area (Å²) in [5, 5.41) is 9.01. The number of rotatable bonds is 4. The van der Waals surface area contributed by atoms with Crippen molar-refractivity contribution in [1.29, 1.82) is 0 Å². The average Bonchev–Trinajstić information content (AvgIpc) is 2.85. The lowest BCUT2D eigenvalue weighted by atomic mass is 9.84. The van der Waals surface area contributed by atoms with Crippen LogP contribution in [0.15, 0.2) is 0 Å². The maximum atomic E-state index is 12.4. The molecule has 1 saturated carbocycles. The van der Waals surface area contributed by atoms with Crippen molar-refractivity contribution in [2.24, 2.45) is 5.41 Å². The molecule has 17 heavy (non-hydrogen) atoms. The van der Waals surface area contributed by atoms with E-state index >= 15 is 0 Å². The van der Waals surface area contributed by atoms with E-state index < -0.39 is 0 Å². The Morgan fingerprint density at radius 2 is 2.00 bits per heavy atom. The zero-order valence-electron chi connectivity index (χ0n) is 10.4. The Morgan fingerprint density at radius 1 is 1.35 bits per heavy atom. The number of hydrogen-bond acceptors (Lipinski definition) is 3. The van der Waals surface area contributed by atoms with Gasteiger partial charge in [-0.1, -0.05) is 19.8 Å². The van der Waals surface area contributed by atoms with Gasteiger partial charge in [-0.15, -0.1) is 0 Å². The minimum atomic E-state index is -0.375. The summed E-state index contributed by atoms with van der Waals surface area (Å²) in [7, 11) is 0. The molecular weight excluding hydrogens is 218 g/mol. The smallest absolute Gasteiger partial charge is 0.236 e. The fourth-order valence-corrected chi connectivity index (χ4v) is 3.30. The molecule has 2 amide bonds. The fourth-order valence-electron chi connectivity index (χ4n) is 3.30. The van der Waals surface area contributed by atoms with Gasteiger partial charge in [-0.2, -0.15) is 0 Å². The zero-order valence-corrected chi connectivity index (χ0v) is 10.4. The molecule has 1 unspecified atom stereocenters. The minimum absolute atomic E-state index is 0.0281. The fraction of sp³-hybridized carbons (Fsp3) is 0.846. The van der Waals surface area contributed by atoms with Crippen molar-refractivity contribution >= 4 is 11.8 Å². The van der Waals surface area contributed by atoms with Gasteiger partial charge in [0.25, 0.3) is 0 Å². The van der Waals surface area contributed by atoms with E-state index in [1.807, 2.05) is 6.92 Å². The highest BCUT2D eigenvalue weighted by molar-refractivity contribution is 6.06. The van der Waals surface area contributed by atoms with Gasteiger partial charge >= 0.3 is 0 Å². The van der Waals surface area contributed by atoms with Crippen LogP contribution in [0.25, 0.3) is 0 Å². The first-order chi connectivity index (χ1) is 8.14. The predicted octanol–water partition coefficient (Wildman–Crippen LogP) is 1.47. The molecule has 0 bridgehead atoms. The summed E-state index contributed by atoms with van der Waals surface area (Å²) in [6.07, 6.45) is 5.48. The Labute approximate surface area is 102 Å². The highest BCUT2D eigenvalue weighted by Crippen LogP contribution is 2.47. The molecule has 1 aliphatic heterocycles. The summed E-state index contributed by atoms with van der Waals surface area (Å²) < 4.78 is 0. The van der Waals surface area contributed by atoms with Crippen molar-refractivity contribution in [2.45, 2.75) is 57.9 Å². The number of hydrogen-bond donors (Lipinski definition) is 1. The highest BCUT2D eigenvalue weighted by Gasteiger charge is 2.53. The van der Waals surface area contributed by atoms with E-state index in [1.54, 1.807) is 0 Å². The van der Waals surface area contributed by atoms with E-state index in [-0.39, 0.29) is 29.9 Å². The number of likely N-dealkylation sites (tertiary alicyclic amines) is 1. The first-order valence-corrected chi connectivity index (χ1v) is 6.62. The Balaban J connectivity index is 2.18. The average molecular weight is 239 g/mol. The third-order valence-corrected chi connectivity index (χ3v) is 4.29. The molecular formula is C13H21NO3. The predicted molar refractivity (Wildman–Crippen MR) is 63.2 cm³/mol. The lowest BCUT2D eigenvalue weighted by molar-refractivity contribution is -0.144. The quantitative estimate of drug-likeness (QED) is 0.756. The molecule has 2 aliphatic rings. The monoisotopic (exact) mass is 239 g/mol. The van der Waals surface area contributed by atoms with Crippen LogP contribution in [-0.2, 0) is 9.59 Å². The van der Waals surface area contributed by atoms with E-state index in [2.05, 4.69) is 0 Å². The van der Waals surface area contributed by atoms with Crippen LogP contribution in [0.2, 0.25) is 0 Å². The molecule has 4 heteroatoms. The molecule has 2 fully saturated rings. The van der Waals surface area contributed by atoms with Crippen LogP contribution in [0, 0.1) is 5.41 Å². The molecule has 4 nitrogen and oxygen atoms in total. The first kappa shape index (κ1) is 12.6. The number of carbonyl (C=O) groups excluding carboxylic acids is 2. The normalized spacial score (nSPS) is 24.9. The summed E-state index contributed by atoms with van der Waals surface area (Å²) >= 11 is 0. The summed E-state index contributed by atoms with van der Waals surface area (Å²) in [5.41, 5.74) is -0.375. The summed E-state index contributed by atoms with van der Waals surface area (Å²) in [6, 6.07) is -0.111. The standard InChI is InChI=1S/C13H21NO3/c1-2-10(5-8-15)14-11(16)9-13(12(14)17)6-3-4-7-13/h10,15H,2-9H2,1H3. The SMILES string of the molecule is CCC(CCO)N1C(=O)CC2(CCCC2)C1=O. The third-order valence-electron chi connectivity index (χ3n) is 4.29. The highest BCUT2D eigenvalue weighted by atomic mass is 16.3. The lowest BCUT2D eigenvalue weighted by Gasteiger charge is -2.27. The molecule has 2 rings (SSSR count). The van der Waals surface area contributed by atoms with E-state index in [1.165, 1.54) is 4.90 Å². The maximum absolute atomic E-state index is 12.4. The van der Waals surface area contributed by atoms with Crippen LogP contribution in [-0.4, -0.2) is 34.5 Å². The van der Waals surface area contributed by atoms with E-state index in [0.717, 1.165) is 32.1 Å². The van der Waals surface area contributed by atoms with Gasteiger partial charge in [0, 0.05) is 19.1 Å². The molecule has 0 aromatic heterocycles. The number of amides is 2. The third kappa shape index (κ3) is 1.99. The molecule has 0 radical (unpaired) electrons. The molecule has 96 valence electrons. The van der Waals surface area contributed by atoms with E-state index in [0.29, 0.717) is 12.8 Å². The van der Waals surface area contributed by atoms with E-state index in [4.69, 9.17) is 5.11 Å². The Hall–Kier alpha value is -0.900. The second-order valence-electron chi connectivity index (χ2n) is 5.31. The van der Waals surface area contributed by atoms with Crippen molar-refractivity contribution in [2.75, 3.05) is 6.61 Å². The molecule has 1 aliphatic carbocycles. The van der Waals surface area contributed by atoms with Gasteiger partial charge < -0.3 is 5.11 Å². The minimum Gasteiger partial charge on any atom is -0.396 e. The van der Waals surface area contributed by atoms with Gasteiger partial charge in [0.05, 0.1) is 5.41 Å². The van der Waals surface area contributed by atoms with Crippen LogP contribution < -0.4 is 0 Å². The van der Waals surface area contributed by atoms with Crippen molar-refractivity contribution < 1.29 is 14.7 Å². The number of carbonyl (C=O) groups is 2. The van der Waals surface area contributed by atoms with Crippen LogP contribution in [0.4, 0.5) is 0 Å².